The molecule has 3 aromatic heterocycles. The van der Waals surface area contributed by atoms with E-state index in [-0.39, 0.29) is 11.6 Å². The molecule has 3 aromatic rings. The van der Waals surface area contributed by atoms with E-state index in [0.717, 1.165) is 10.6 Å². The maximum absolute atomic E-state index is 12.5. The molecule has 0 aliphatic rings. The Morgan fingerprint density at radius 2 is 2.20 bits per heavy atom. The summed E-state index contributed by atoms with van der Waals surface area (Å²) in [6, 6.07) is 5.55. The van der Waals surface area contributed by atoms with E-state index in [9.17, 15) is 9.59 Å². The summed E-state index contributed by atoms with van der Waals surface area (Å²) in [7, 11) is 3.31. The molecule has 130 valence electrons. The van der Waals surface area contributed by atoms with Crippen LogP contribution in [0.1, 0.15) is 27.9 Å². The zero-order valence-corrected chi connectivity index (χ0v) is 14.9. The number of thiophene rings is 1. The maximum atomic E-state index is 12.5. The number of hydrogen-bond donors (Lipinski definition) is 2. The van der Waals surface area contributed by atoms with Gasteiger partial charge in [-0.15, -0.1) is 11.3 Å². The van der Waals surface area contributed by atoms with Crippen LogP contribution in [0.4, 0.5) is 5.69 Å². The van der Waals surface area contributed by atoms with Crippen LogP contribution in [0.5, 0.6) is 0 Å². The van der Waals surface area contributed by atoms with Crippen LogP contribution in [0, 0.1) is 0 Å². The number of aryl methyl sites for hydroxylation is 1. The van der Waals surface area contributed by atoms with Crippen LogP contribution >= 0.6 is 11.3 Å². The Bertz CT molecular complexity index is 894. The minimum absolute atomic E-state index is 0.226. The molecule has 3 rings (SSSR count). The van der Waals surface area contributed by atoms with Crippen molar-refractivity contribution >= 4 is 28.8 Å². The van der Waals surface area contributed by atoms with E-state index < -0.39 is 5.91 Å². The first-order valence-electron chi connectivity index (χ1n) is 7.69. The topological polar surface area (TPSA) is 95.9 Å². The Balaban J connectivity index is 1.84. The number of carbonyl (C=O) groups is 2. The van der Waals surface area contributed by atoms with Crippen molar-refractivity contribution in [1.29, 1.82) is 0 Å². The molecule has 2 N–H and O–H groups in total. The second-order valence-electron chi connectivity index (χ2n) is 5.52. The summed E-state index contributed by atoms with van der Waals surface area (Å²) in [6.45, 7) is 2.40. The SMILES string of the molecule is CCn1ncc(NC(=O)c2cc(-c3cccs3)[nH]n2)c1C(=O)N(C)C. The van der Waals surface area contributed by atoms with Gasteiger partial charge in [0.2, 0.25) is 0 Å². The Hall–Kier alpha value is -2.94. The molecule has 0 fully saturated rings. The average molecular weight is 358 g/mol. The van der Waals surface area contributed by atoms with Gasteiger partial charge < -0.3 is 10.2 Å². The molecule has 9 heteroatoms. The number of hydrogen-bond acceptors (Lipinski definition) is 5. The van der Waals surface area contributed by atoms with E-state index in [0.29, 0.717) is 17.9 Å². The molecule has 8 nitrogen and oxygen atoms in total. The molecule has 0 aliphatic heterocycles. The first kappa shape index (κ1) is 16.9. The quantitative estimate of drug-likeness (QED) is 0.731. The van der Waals surface area contributed by atoms with Crippen LogP contribution in [0.2, 0.25) is 0 Å². The summed E-state index contributed by atoms with van der Waals surface area (Å²) in [4.78, 5) is 27.3. The van der Waals surface area contributed by atoms with Crippen LogP contribution in [0.15, 0.2) is 29.8 Å². The van der Waals surface area contributed by atoms with E-state index in [4.69, 9.17) is 0 Å². The van der Waals surface area contributed by atoms with E-state index in [1.54, 1.807) is 36.2 Å². The number of aromatic amines is 1. The maximum Gasteiger partial charge on any atom is 0.276 e. The molecular formula is C16H18N6O2S. The zero-order valence-electron chi connectivity index (χ0n) is 14.1. The lowest BCUT2D eigenvalue weighted by molar-refractivity contribution is 0.0816. The van der Waals surface area contributed by atoms with Gasteiger partial charge in [0, 0.05) is 20.6 Å². The number of rotatable bonds is 5. The first-order valence-corrected chi connectivity index (χ1v) is 8.57. The predicted octanol–water partition coefficient (Wildman–Crippen LogP) is 2.31. The van der Waals surface area contributed by atoms with Crippen LogP contribution < -0.4 is 5.32 Å². The highest BCUT2D eigenvalue weighted by Gasteiger charge is 2.22. The van der Waals surface area contributed by atoms with Crippen molar-refractivity contribution in [3.63, 3.8) is 0 Å². The minimum Gasteiger partial charge on any atom is -0.343 e. The second-order valence-corrected chi connectivity index (χ2v) is 6.47. The largest absolute Gasteiger partial charge is 0.343 e. The molecule has 0 radical (unpaired) electrons. The number of carbonyl (C=O) groups excluding carboxylic acids is 2. The highest BCUT2D eigenvalue weighted by atomic mass is 32.1. The lowest BCUT2D eigenvalue weighted by Crippen LogP contribution is -2.26. The Morgan fingerprint density at radius 3 is 2.84 bits per heavy atom. The van der Waals surface area contributed by atoms with Gasteiger partial charge in [0.15, 0.2) is 5.69 Å². The third kappa shape index (κ3) is 3.31. The summed E-state index contributed by atoms with van der Waals surface area (Å²) < 4.78 is 1.56. The van der Waals surface area contributed by atoms with Gasteiger partial charge >= 0.3 is 0 Å². The number of aromatic nitrogens is 4. The molecule has 0 saturated heterocycles. The Morgan fingerprint density at radius 1 is 1.40 bits per heavy atom. The van der Waals surface area contributed by atoms with Gasteiger partial charge in [-0.05, 0) is 24.4 Å². The van der Waals surface area contributed by atoms with Crippen LogP contribution in [-0.4, -0.2) is 50.8 Å². The lowest BCUT2D eigenvalue weighted by Gasteiger charge is -2.13. The molecule has 0 unspecified atom stereocenters. The normalized spacial score (nSPS) is 10.7. The van der Waals surface area contributed by atoms with Crippen LogP contribution in [0.25, 0.3) is 10.6 Å². The van der Waals surface area contributed by atoms with Crippen molar-refractivity contribution in [3.8, 4) is 10.6 Å². The molecule has 25 heavy (non-hydrogen) atoms. The monoisotopic (exact) mass is 358 g/mol. The van der Waals surface area contributed by atoms with Gasteiger partial charge in [0.25, 0.3) is 11.8 Å². The molecule has 0 bridgehead atoms. The van der Waals surface area contributed by atoms with Gasteiger partial charge in [-0.2, -0.15) is 10.2 Å². The van der Waals surface area contributed by atoms with Gasteiger partial charge in [0.05, 0.1) is 22.5 Å². The first-order chi connectivity index (χ1) is 12.0. The molecule has 3 heterocycles. The minimum atomic E-state index is -0.400. The van der Waals surface area contributed by atoms with E-state index >= 15 is 0 Å². The zero-order chi connectivity index (χ0) is 18.0. The third-order valence-corrected chi connectivity index (χ3v) is 4.50. The van der Waals surface area contributed by atoms with Gasteiger partial charge in [-0.25, -0.2) is 0 Å². The van der Waals surface area contributed by atoms with Crippen molar-refractivity contribution in [1.82, 2.24) is 24.9 Å². The van der Waals surface area contributed by atoms with E-state index in [1.165, 1.54) is 11.1 Å². The highest BCUT2D eigenvalue weighted by Crippen LogP contribution is 2.23. The number of H-pyrrole nitrogens is 1. The number of anilines is 1. The lowest BCUT2D eigenvalue weighted by atomic mass is 10.2. The molecule has 0 aromatic carbocycles. The van der Waals surface area contributed by atoms with Crippen LogP contribution in [0.3, 0.4) is 0 Å². The van der Waals surface area contributed by atoms with Crippen molar-refractivity contribution in [3.05, 3.63) is 41.2 Å². The van der Waals surface area contributed by atoms with Gasteiger partial charge in [0.1, 0.15) is 5.69 Å². The van der Waals surface area contributed by atoms with Gasteiger partial charge in [-0.3, -0.25) is 19.4 Å². The smallest absolute Gasteiger partial charge is 0.276 e. The summed E-state index contributed by atoms with van der Waals surface area (Å²) in [5.74, 6) is -0.626. The molecule has 0 spiro atoms. The number of nitrogens with zero attached hydrogens (tertiary/aromatic N) is 4. The Kier molecular flexibility index (Phi) is 4.66. The molecule has 2 amide bonds. The fourth-order valence-corrected chi connectivity index (χ4v) is 3.03. The standard InChI is InChI=1S/C16H18N6O2S/c1-4-22-14(16(24)21(2)3)12(9-17-22)18-15(23)11-8-10(19-20-11)13-6-5-7-25-13/h5-9H,4H2,1-3H3,(H,18,23)(H,19,20). The fraction of sp³-hybridized carbons (Fsp3) is 0.250. The summed E-state index contributed by atoms with van der Waals surface area (Å²) in [5, 5.41) is 15.7. The number of nitrogens with one attached hydrogen (secondary N) is 2. The summed E-state index contributed by atoms with van der Waals surface area (Å²) in [5.41, 5.74) is 1.73. The third-order valence-electron chi connectivity index (χ3n) is 3.59. The Labute approximate surface area is 148 Å². The molecule has 0 atom stereocenters. The fourth-order valence-electron chi connectivity index (χ4n) is 2.34. The van der Waals surface area contributed by atoms with Crippen molar-refractivity contribution in [2.75, 3.05) is 19.4 Å². The molecular weight excluding hydrogens is 340 g/mol. The van der Waals surface area contributed by atoms with E-state index in [2.05, 4.69) is 20.6 Å². The second kappa shape index (κ2) is 6.89. The molecule has 0 saturated carbocycles. The summed E-state index contributed by atoms with van der Waals surface area (Å²) >= 11 is 1.55. The average Bonchev–Trinajstić information content (AvgIpc) is 3.33. The van der Waals surface area contributed by atoms with Crippen molar-refractivity contribution in [2.45, 2.75) is 13.5 Å². The predicted molar refractivity (Wildman–Crippen MR) is 95.8 cm³/mol. The van der Waals surface area contributed by atoms with Crippen molar-refractivity contribution < 1.29 is 9.59 Å². The highest BCUT2D eigenvalue weighted by molar-refractivity contribution is 7.13. The van der Waals surface area contributed by atoms with E-state index in [1.807, 2.05) is 24.4 Å². The van der Waals surface area contributed by atoms with Gasteiger partial charge in [-0.1, -0.05) is 6.07 Å². The number of amides is 2. The summed E-state index contributed by atoms with van der Waals surface area (Å²) in [6.07, 6.45) is 1.48. The molecule has 0 aliphatic carbocycles. The van der Waals surface area contributed by atoms with Crippen LogP contribution in [-0.2, 0) is 6.54 Å². The van der Waals surface area contributed by atoms with Crippen molar-refractivity contribution in [2.24, 2.45) is 0 Å².